The smallest absolute Gasteiger partial charge is 0.294 e. The lowest BCUT2D eigenvalue weighted by atomic mass is 9.77. The summed E-state index contributed by atoms with van der Waals surface area (Å²) in [5, 5.41) is 21.7. The molecule has 1 aliphatic heterocycles. The predicted molar refractivity (Wildman–Crippen MR) is 144 cm³/mol. The second-order valence-corrected chi connectivity index (χ2v) is 10.9. The molecule has 7 nitrogen and oxygen atoms in total. The van der Waals surface area contributed by atoms with Gasteiger partial charge in [-0.1, -0.05) is 54.6 Å². The number of aromatic hydroxyl groups is 1. The van der Waals surface area contributed by atoms with Crippen LogP contribution in [0.15, 0.2) is 102 Å². The van der Waals surface area contributed by atoms with Gasteiger partial charge in [-0.05, 0) is 72.0 Å². The van der Waals surface area contributed by atoms with Gasteiger partial charge >= 0.3 is 0 Å². The molecule has 200 valence electrons. The summed E-state index contributed by atoms with van der Waals surface area (Å²) in [6, 6.07) is 24.9. The van der Waals surface area contributed by atoms with Crippen LogP contribution < -0.4 is 4.90 Å². The zero-order chi connectivity index (χ0) is 27.7. The highest BCUT2D eigenvalue weighted by molar-refractivity contribution is 7.85. The molecule has 0 radical (unpaired) electrons. The summed E-state index contributed by atoms with van der Waals surface area (Å²) < 4.78 is 45.2. The predicted octanol–water partition coefficient (Wildman–Crippen LogP) is 5.66. The minimum absolute atomic E-state index is 0.0335. The van der Waals surface area contributed by atoms with Crippen molar-refractivity contribution in [1.82, 2.24) is 0 Å². The van der Waals surface area contributed by atoms with Crippen LogP contribution in [0.3, 0.4) is 0 Å². The molecule has 0 aromatic heterocycles. The van der Waals surface area contributed by atoms with Crippen LogP contribution in [0.25, 0.3) is 11.1 Å². The number of para-hydroxylation sites is 1. The fourth-order valence-corrected chi connectivity index (χ4v) is 5.52. The monoisotopic (exact) mass is 547 g/mol. The fraction of sp³-hybridized carbons (Fsp3) is 0.167. The van der Waals surface area contributed by atoms with Gasteiger partial charge in [-0.2, -0.15) is 8.42 Å². The maximum atomic E-state index is 13.3. The van der Waals surface area contributed by atoms with E-state index in [9.17, 15) is 32.4 Å². The van der Waals surface area contributed by atoms with Crippen LogP contribution in [0.5, 0.6) is 5.75 Å². The first-order valence-corrected chi connectivity index (χ1v) is 13.8. The van der Waals surface area contributed by atoms with Crippen molar-refractivity contribution < 1.29 is 32.4 Å². The van der Waals surface area contributed by atoms with Crippen LogP contribution >= 0.6 is 0 Å². The van der Waals surface area contributed by atoms with Crippen LogP contribution in [0.4, 0.5) is 10.1 Å². The summed E-state index contributed by atoms with van der Waals surface area (Å²) in [7, 11) is -4.32. The average Bonchev–Trinajstić information content (AvgIpc) is 2.92. The van der Waals surface area contributed by atoms with E-state index in [-0.39, 0.29) is 23.0 Å². The van der Waals surface area contributed by atoms with Crippen molar-refractivity contribution in [1.29, 1.82) is 0 Å². The number of anilines is 1. The van der Waals surface area contributed by atoms with Gasteiger partial charge in [-0.3, -0.25) is 9.35 Å². The number of phenolic OH excluding ortho intramolecular Hbond substituents is 1. The summed E-state index contributed by atoms with van der Waals surface area (Å²) in [5.41, 5.74) is 3.04. The lowest BCUT2D eigenvalue weighted by Gasteiger charge is -2.48. The zero-order valence-corrected chi connectivity index (χ0v) is 21.5. The van der Waals surface area contributed by atoms with Crippen molar-refractivity contribution >= 4 is 21.7 Å². The second kappa shape index (κ2) is 10.6. The second-order valence-electron chi connectivity index (χ2n) is 9.51. The number of amides is 1. The Labute approximate surface area is 225 Å². The fourth-order valence-electron chi connectivity index (χ4n) is 5.04. The number of aliphatic hydroxyl groups excluding tert-OH is 1. The normalized spacial score (nSPS) is 18.0. The van der Waals surface area contributed by atoms with Gasteiger partial charge < -0.3 is 15.1 Å². The van der Waals surface area contributed by atoms with E-state index in [1.54, 1.807) is 23.1 Å². The molecule has 1 heterocycles. The number of benzene rings is 4. The molecule has 3 N–H and O–H groups in total. The molecule has 5 rings (SSSR count). The third kappa shape index (κ3) is 5.42. The Morgan fingerprint density at radius 2 is 1.51 bits per heavy atom. The number of β-lactam (4-membered cyclic amide) rings is 1. The summed E-state index contributed by atoms with van der Waals surface area (Å²) in [5.74, 6) is -1.05. The lowest BCUT2D eigenvalue weighted by Crippen LogP contribution is -2.55. The van der Waals surface area contributed by atoms with Crippen LogP contribution in [0.1, 0.15) is 36.1 Å². The molecule has 0 aliphatic carbocycles. The summed E-state index contributed by atoms with van der Waals surface area (Å²) in [4.78, 5) is 14.7. The average molecular weight is 548 g/mol. The Balaban J connectivity index is 1.42. The SMILES string of the molecule is O=C1C(CCC(O)c2ccc(F)cc2)C(c2ccc(-c3ccc(S(=O)(=O)O)cc3)cc2O)N1c1ccccc1. The molecule has 1 amide bonds. The van der Waals surface area contributed by atoms with Gasteiger partial charge in [-0.25, -0.2) is 4.39 Å². The van der Waals surface area contributed by atoms with E-state index in [2.05, 4.69) is 0 Å². The van der Waals surface area contributed by atoms with Gasteiger partial charge in [0.05, 0.1) is 23.0 Å². The topological polar surface area (TPSA) is 115 Å². The highest BCUT2D eigenvalue weighted by atomic mass is 32.2. The molecule has 9 heteroatoms. The number of phenols is 1. The van der Waals surface area contributed by atoms with E-state index in [1.165, 1.54) is 48.5 Å². The number of rotatable bonds is 8. The van der Waals surface area contributed by atoms with Gasteiger partial charge in [0.2, 0.25) is 5.91 Å². The first-order chi connectivity index (χ1) is 18.6. The third-order valence-corrected chi connectivity index (χ3v) is 7.96. The van der Waals surface area contributed by atoms with Gasteiger partial charge in [-0.15, -0.1) is 0 Å². The molecule has 1 fully saturated rings. The Hall–Kier alpha value is -4.05. The molecule has 0 bridgehead atoms. The number of hydrogen-bond acceptors (Lipinski definition) is 5. The Kier molecular flexibility index (Phi) is 7.22. The quantitative estimate of drug-likeness (QED) is 0.194. The maximum Gasteiger partial charge on any atom is 0.294 e. The molecule has 1 saturated heterocycles. The minimum atomic E-state index is -4.32. The number of nitrogens with zero attached hydrogens (tertiary/aromatic N) is 1. The van der Waals surface area contributed by atoms with Crippen molar-refractivity contribution in [2.75, 3.05) is 4.90 Å². The van der Waals surface area contributed by atoms with Crippen molar-refractivity contribution in [2.24, 2.45) is 5.92 Å². The molecule has 39 heavy (non-hydrogen) atoms. The lowest BCUT2D eigenvalue weighted by molar-refractivity contribution is -0.131. The van der Waals surface area contributed by atoms with Crippen LogP contribution in [-0.4, -0.2) is 29.1 Å². The molecule has 0 saturated carbocycles. The van der Waals surface area contributed by atoms with Crippen molar-refractivity contribution in [2.45, 2.75) is 29.9 Å². The van der Waals surface area contributed by atoms with Crippen molar-refractivity contribution in [3.63, 3.8) is 0 Å². The standard InChI is InChI=1S/C30H26FNO6S/c31-22-11-6-20(7-12-22)27(33)17-16-26-29(32(30(26)35)23-4-2-1-3-5-23)25-15-10-21(18-28(25)34)19-8-13-24(14-9-19)39(36,37)38/h1-15,18,26-27,29,33-34H,16-17H2,(H,36,37,38). The van der Waals surface area contributed by atoms with E-state index < -0.39 is 34.0 Å². The summed E-state index contributed by atoms with van der Waals surface area (Å²) >= 11 is 0. The van der Waals surface area contributed by atoms with E-state index in [0.29, 0.717) is 34.4 Å². The number of carbonyl (C=O) groups is 1. The van der Waals surface area contributed by atoms with Crippen LogP contribution in [0, 0.1) is 11.7 Å². The molecule has 4 aromatic rings. The van der Waals surface area contributed by atoms with Crippen LogP contribution in [0.2, 0.25) is 0 Å². The highest BCUT2D eigenvalue weighted by Gasteiger charge is 2.49. The first-order valence-electron chi connectivity index (χ1n) is 12.4. The number of aliphatic hydroxyl groups is 1. The molecule has 1 aliphatic rings. The molecular formula is C30H26FNO6S. The maximum absolute atomic E-state index is 13.3. The first kappa shape index (κ1) is 26.6. The van der Waals surface area contributed by atoms with Crippen molar-refractivity contribution in [3.8, 4) is 16.9 Å². The highest BCUT2D eigenvalue weighted by Crippen LogP contribution is 2.49. The molecule has 3 unspecified atom stereocenters. The number of halogens is 1. The van der Waals surface area contributed by atoms with Gasteiger partial charge in [0.25, 0.3) is 10.1 Å². The van der Waals surface area contributed by atoms with E-state index in [4.69, 9.17) is 0 Å². The minimum Gasteiger partial charge on any atom is -0.508 e. The van der Waals surface area contributed by atoms with Gasteiger partial charge in [0.1, 0.15) is 11.6 Å². The van der Waals surface area contributed by atoms with E-state index in [1.807, 2.05) is 30.3 Å². The van der Waals surface area contributed by atoms with Gasteiger partial charge in [0.15, 0.2) is 0 Å². The third-order valence-electron chi connectivity index (χ3n) is 7.09. The molecule has 4 aromatic carbocycles. The van der Waals surface area contributed by atoms with Gasteiger partial charge in [0, 0.05) is 11.3 Å². The Morgan fingerprint density at radius 3 is 2.13 bits per heavy atom. The molecule has 3 atom stereocenters. The summed E-state index contributed by atoms with van der Waals surface area (Å²) in [6.45, 7) is 0. The van der Waals surface area contributed by atoms with Crippen LogP contribution in [-0.2, 0) is 14.9 Å². The number of carbonyl (C=O) groups excluding carboxylic acids is 1. The number of hydrogen-bond donors (Lipinski definition) is 3. The Bertz CT molecular complexity index is 1590. The summed E-state index contributed by atoms with van der Waals surface area (Å²) in [6.07, 6.45) is -0.240. The molecule has 0 spiro atoms. The largest absolute Gasteiger partial charge is 0.508 e. The zero-order valence-electron chi connectivity index (χ0n) is 20.7. The molecular weight excluding hydrogens is 521 g/mol. The van der Waals surface area contributed by atoms with E-state index >= 15 is 0 Å². The van der Waals surface area contributed by atoms with Crippen molar-refractivity contribution in [3.05, 3.63) is 114 Å². The Morgan fingerprint density at radius 1 is 0.872 bits per heavy atom. The van der Waals surface area contributed by atoms with E-state index in [0.717, 1.165) is 0 Å².